The van der Waals surface area contributed by atoms with Crippen molar-refractivity contribution in [1.29, 1.82) is 0 Å². The second-order valence-electron chi connectivity index (χ2n) is 8.39. The molecule has 0 spiro atoms. The minimum atomic E-state index is -0.384. The first-order valence-corrected chi connectivity index (χ1v) is 10.7. The maximum absolute atomic E-state index is 13.7. The lowest BCUT2D eigenvalue weighted by Gasteiger charge is -2.31. The topological polar surface area (TPSA) is 40.6 Å². The van der Waals surface area contributed by atoms with Crippen LogP contribution < -0.4 is 4.90 Å². The molecule has 0 unspecified atom stereocenters. The van der Waals surface area contributed by atoms with E-state index in [2.05, 4.69) is 12.1 Å². The van der Waals surface area contributed by atoms with Crippen LogP contribution in [0.3, 0.4) is 0 Å². The Morgan fingerprint density at radius 2 is 1.53 bits per heavy atom. The van der Waals surface area contributed by atoms with Gasteiger partial charge in [0.25, 0.3) is 11.8 Å². The van der Waals surface area contributed by atoms with Crippen LogP contribution in [0.5, 0.6) is 0 Å². The van der Waals surface area contributed by atoms with Crippen LogP contribution in [0.15, 0.2) is 72.4 Å². The zero-order chi connectivity index (χ0) is 22.4. The van der Waals surface area contributed by atoms with E-state index in [1.54, 1.807) is 18.2 Å². The normalized spacial score (nSPS) is 16.1. The highest BCUT2D eigenvalue weighted by Crippen LogP contribution is 2.37. The SMILES string of the molecule is Cc1ccc(N2C(=O)C(c3ccc(F)cc3)=C(N3CCc4ccccc4C3)C2=O)cc1C. The number of imide groups is 1. The summed E-state index contributed by atoms with van der Waals surface area (Å²) in [6.45, 7) is 5.14. The number of anilines is 1. The number of amides is 2. The quantitative estimate of drug-likeness (QED) is 0.566. The average molecular weight is 426 g/mol. The summed E-state index contributed by atoms with van der Waals surface area (Å²) >= 11 is 0. The number of aryl methyl sites for hydroxylation is 2. The van der Waals surface area contributed by atoms with Crippen LogP contribution in [0, 0.1) is 19.7 Å². The third-order valence-corrected chi connectivity index (χ3v) is 6.39. The fraction of sp³-hybridized carbons (Fsp3) is 0.185. The van der Waals surface area contributed by atoms with E-state index in [0.717, 1.165) is 23.1 Å². The third kappa shape index (κ3) is 3.30. The molecular formula is C27H23FN2O2. The molecule has 0 bridgehead atoms. The van der Waals surface area contributed by atoms with Gasteiger partial charge >= 0.3 is 0 Å². The summed E-state index contributed by atoms with van der Waals surface area (Å²) in [5.74, 6) is -1.10. The average Bonchev–Trinajstić information content (AvgIpc) is 3.06. The van der Waals surface area contributed by atoms with Gasteiger partial charge in [-0.2, -0.15) is 0 Å². The number of carbonyl (C=O) groups excluding carboxylic acids is 2. The summed E-state index contributed by atoms with van der Waals surface area (Å²) in [4.78, 5) is 30.6. The van der Waals surface area contributed by atoms with Gasteiger partial charge in [-0.3, -0.25) is 9.59 Å². The van der Waals surface area contributed by atoms with E-state index in [4.69, 9.17) is 0 Å². The van der Waals surface area contributed by atoms with Crippen molar-refractivity contribution in [3.8, 4) is 0 Å². The van der Waals surface area contributed by atoms with Crippen molar-refractivity contribution in [1.82, 2.24) is 4.90 Å². The van der Waals surface area contributed by atoms with E-state index in [0.29, 0.717) is 35.6 Å². The molecule has 160 valence electrons. The molecule has 5 rings (SSSR count). The Balaban J connectivity index is 1.62. The maximum atomic E-state index is 13.7. The Morgan fingerprint density at radius 3 is 2.25 bits per heavy atom. The second-order valence-corrected chi connectivity index (χ2v) is 8.39. The van der Waals surface area contributed by atoms with E-state index in [1.165, 1.54) is 22.6 Å². The molecule has 0 radical (unpaired) electrons. The molecule has 0 saturated heterocycles. The predicted octanol–water partition coefficient (Wildman–Crippen LogP) is 4.79. The molecule has 5 heteroatoms. The van der Waals surface area contributed by atoms with Gasteiger partial charge in [0.15, 0.2) is 0 Å². The minimum Gasteiger partial charge on any atom is -0.362 e. The van der Waals surface area contributed by atoms with Crippen LogP contribution in [-0.4, -0.2) is 23.3 Å². The van der Waals surface area contributed by atoms with Crippen LogP contribution in [0.25, 0.3) is 5.57 Å². The van der Waals surface area contributed by atoms with Gasteiger partial charge in [-0.15, -0.1) is 0 Å². The number of nitrogens with zero attached hydrogens (tertiary/aromatic N) is 2. The largest absolute Gasteiger partial charge is 0.362 e. The molecule has 32 heavy (non-hydrogen) atoms. The lowest BCUT2D eigenvalue weighted by atomic mass is 9.98. The van der Waals surface area contributed by atoms with E-state index in [1.807, 2.05) is 43.0 Å². The van der Waals surface area contributed by atoms with Gasteiger partial charge in [0.2, 0.25) is 0 Å². The van der Waals surface area contributed by atoms with Crippen LogP contribution in [0.1, 0.15) is 27.8 Å². The molecule has 3 aromatic rings. The number of halogens is 1. The number of carbonyl (C=O) groups is 2. The molecule has 0 atom stereocenters. The summed E-state index contributed by atoms with van der Waals surface area (Å²) in [7, 11) is 0. The molecule has 0 aromatic heterocycles. The summed E-state index contributed by atoms with van der Waals surface area (Å²) < 4.78 is 13.6. The lowest BCUT2D eigenvalue weighted by Crippen LogP contribution is -2.37. The first-order chi connectivity index (χ1) is 15.4. The summed E-state index contributed by atoms with van der Waals surface area (Å²) in [5.41, 5.74) is 6.31. The highest BCUT2D eigenvalue weighted by Gasteiger charge is 2.43. The van der Waals surface area contributed by atoms with Crippen LogP contribution in [0.2, 0.25) is 0 Å². The van der Waals surface area contributed by atoms with Crippen LogP contribution >= 0.6 is 0 Å². The summed E-state index contributed by atoms with van der Waals surface area (Å²) in [6.07, 6.45) is 0.793. The van der Waals surface area contributed by atoms with Crippen molar-refractivity contribution < 1.29 is 14.0 Å². The number of hydrogen-bond donors (Lipinski definition) is 0. The van der Waals surface area contributed by atoms with E-state index < -0.39 is 0 Å². The lowest BCUT2D eigenvalue weighted by molar-refractivity contribution is -0.120. The van der Waals surface area contributed by atoms with Crippen LogP contribution in [0.4, 0.5) is 10.1 Å². The molecule has 2 aliphatic heterocycles. The third-order valence-electron chi connectivity index (χ3n) is 6.39. The van der Waals surface area contributed by atoms with Crippen molar-refractivity contribution in [3.05, 3.63) is 106 Å². The number of fused-ring (bicyclic) bond motifs is 1. The minimum absolute atomic E-state index is 0.326. The first kappa shape index (κ1) is 20.2. The molecule has 4 nitrogen and oxygen atoms in total. The molecular weight excluding hydrogens is 403 g/mol. The fourth-order valence-corrected chi connectivity index (χ4v) is 4.47. The maximum Gasteiger partial charge on any atom is 0.282 e. The van der Waals surface area contributed by atoms with Gasteiger partial charge in [0.1, 0.15) is 11.5 Å². The zero-order valence-electron chi connectivity index (χ0n) is 18.1. The second kappa shape index (κ2) is 7.75. The highest BCUT2D eigenvalue weighted by atomic mass is 19.1. The Hall–Kier alpha value is -3.73. The van der Waals surface area contributed by atoms with Crippen molar-refractivity contribution >= 4 is 23.1 Å². The molecule has 0 fully saturated rings. The Morgan fingerprint density at radius 1 is 0.812 bits per heavy atom. The Kier molecular flexibility index (Phi) is 4.89. The van der Waals surface area contributed by atoms with Gasteiger partial charge in [0, 0.05) is 13.1 Å². The summed E-state index contributed by atoms with van der Waals surface area (Å²) in [6, 6.07) is 19.5. The molecule has 0 aliphatic carbocycles. The van der Waals surface area contributed by atoms with Gasteiger partial charge in [-0.25, -0.2) is 9.29 Å². The van der Waals surface area contributed by atoms with E-state index in [9.17, 15) is 14.0 Å². The van der Waals surface area contributed by atoms with Gasteiger partial charge in [-0.1, -0.05) is 42.5 Å². The predicted molar refractivity (Wildman–Crippen MR) is 122 cm³/mol. The smallest absolute Gasteiger partial charge is 0.282 e. The first-order valence-electron chi connectivity index (χ1n) is 10.7. The Bertz CT molecular complexity index is 1280. The zero-order valence-corrected chi connectivity index (χ0v) is 18.1. The monoisotopic (exact) mass is 426 g/mol. The Labute approximate surface area is 186 Å². The van der Waals surface area contributed by atoms with Crippen molar-refractivity contribution in [2.45, 2.75) is 26.8 Å². The van der Waals surface area contributed by atoms with Crippen molar-refractivity contribution in [2.75, 3.05) is 11.4 Å². The highest BCUT2D eigenvalue weighted by molar-refractivity contribution is 6.45. The molecule has 2 heterocycles. The van der Waals surface area contributed by atoms with E-state index in [-0.39, 0.29) is 17.6 Å². The van der Waals surface area contributed by atoms with Gasteiger partial charge in [-0.05, 0) is 72.4 Å². The van der Waals surface area contributed by atoms with Crippen molar-refractivity contribution in [2.24, 2.45) is 0 Å². The number of hydrogen-bond acceptors (Lipinski definition) is 3. The van der Waals surface area contributed by atoms with Gasteiger partial charge < -0.3 is 4.90 Å². The molecule has 0 N–H and O–H groups in total. The molecule has 2 amide bonds. The van der Waals surface area contributed by atoms with E-state index >= 15 is 0 Å². The number of benzene rings is 3. The number of rotatable bonds is 3. The standard InChI is InChI=1S/C27H23FN2O2/c1-17-7-12-23(15-18(17)2)30-26(31)24(20-8-10-22(28)11-9-20)25(27(30)32)29-14-13-19-5-3-4-6-21(19)16-29/h3-12,15H,13-14,16H2,1-2H3. The van der Waals surface area contributed by atoms with Crippen molar-refractivity contribution in [3.63, 3.8) is 0 Å². The molecule has 2 aliphatic rings. The molecule has 0 saturated carbocycles. The summed E-state index contributed by atoms with van der Waals surface area (Å²) in [5, 5.41) is 0. The fourth-order valence-electron chi connectivity index (χ4n) is 4.47. The van der Waals surface area contributed by atoms with Gasteiger partial charge in [0.05, 0.1) is 11.3 Å². The van der Waals surface area contributed by atoms with Crippen LogP contribution in [-0.2, 0) is 22.6 Å². The molecule has 3 aromatic carbocycles.